The quantitative estimate of drug-likeness (QED) is 0.675. The Balaban J connectivity index is 2.05. The summed E-state index contributed by atoms with van der Waals surface area (Å²) in [5.41, 5.74) is -0.382. The summed E-state index contributed by atoms with van der Waals surface area (Å²) >= 11 is 0. The first kappa shape index (κ1) is 15.4. The zero-order valence-corrected chi connectivity index (χ0v) is 11.7. The van der Waals surface area contributed by atoms with Crippen molar-refractivity contribution in [2.75, 3.05) is 26.4 Å². The molecule has 104 valence electrons. The Morgan fingerprint density at radius 3 is 2.72 bits per heavy atom. The molecule has 1 fully saturated rings. The van der Waals surface area contributed by atoms with E-state index in [4.69, 9.17) is 14.7 Å². The summed E-state index contributed by atoms with van der Waals surface area (Å²) in [5, 5.41) is 12.3. The van der Waals surface area contributed by atoms with Crippen LogP contribution in [0.3, 0.4) is 0 Å². The molecule has 0 aliphatic carbocycles. The number of nitrogens with zero attached hydrogens (tertiary/aromatic N) is 1. The van der Waals surface area contributed by atoms with E-state index in [0.717, 1.165) is 58.5 Å². The molecule has 1 unspecified atom stereocenters. The molecular formula is C14H26N2O2. The van der Waals surface area contributed by atoms with Gasteiger partial charge in [0.15, 0.2) is 0 Å². The van der Waals surface area contributed by atoms with Gasteiger partial charge in [-0.15, -0.1) is 0 Å². The molecular weight excluding hydrogens is 228 g/mol. The van der Waals surface area contributed by atoms with E-state index in [0.29, 0.717) is 6.10 Å². The van der Waals surface area contributed by atoms with Crippen molar-refractivity contribution in [2.45, 2.75) is 57.6 Å². The maximum absolute atomic E-state index is 9.12. The fourth-order valence-electron chi connectivity index (χ4n) is 2.25. The smallest absolute Gasteiger partial charge is 0.103 e. The van der Waals surface area contributed by atoms with Gasteiger partial charge in [-0.25, -0.2) is 0 Å². The minimum Gasteiger partial charge on any atom is -0.381 e. The van der Waals surface area contributed by atoms with Crippen LogP contribution in [0, 0.1) is 11.3 Å². The van der Waals surface area contributed by atoms with E-state index < -0.39 is 0 Å². The number of hydrogen-bond donors (Lipinski definition) is 1. The van der Waals surface area contributed by atoms with Gasteiger partial charge in [0.05, 0.1) is 12.2 Å². The number of nitriles is 1. The molecule has 4 nitrogen and oxygen atoms in total. The molecule has 0 amide bonds. The number of rotatable bonds is 8. The number of unbranched alkanes of at least 4 members (excludes halogenated alkanes) is 1. The number of hydrogen-bond acceptors (Lipinski definition) is 4. The van der Waals surface area contributed by atoms with Gasteiger partial charge in [-0.05, 0) is 45.6 Å². The summed E-state index contributed by atoms with van der Waals surface area (Å²) in [6.07, 6.45) is 5.37. The second-order valence-corrected chi connectivity index (χ2v) is 5.11. The minimum atomic E-state index is -0.382. The third kappa shape index (κ3) is 5.81. The molecule has 1 aliphatic rings. The van der Waals surface area contributed by atoms with Crippen molar-refractivity contribution in [3.8, 4) is 6.07 Å². The van der Waals surface area contributed by atoms with Crippen molar-refractivity contribution in [3.05, 3.63) is 0 Å². The van der Waals surface area contributed by atoms with E-state index in [1.807, 2.05) is 13.8 Å². The lowest BCUT2D eigenvalue weighted by Crippen LogP contribution is -2.40. The van der Waals surface area contributed by atoms with Crippen molar-refractivity contribution in [2.24, 2.45) is 0 Å². The van der Waals surface area contributed by atoms with Gasteiger partial charge in [-0.2, -0.15) is 5.26 Å². The summed E-state index contributed by atoms with van der Waals surface area (Å²) in [5.74, 6) is 0. The molecule has 0 saturated carbocycles. The summed E-state index contributed by atoms with van der Waals surface area (Å²) in [6, 6.07) is 2.35. The number of nitrogens with one attached hydrogen (secondary N) is 1. The van der Waals surface area contributed by atoms with E-state index in [2.05, 4.69) is 11.4 Å². The first-order chi connectivity index (χ1) is 8.70. The lowest BCUT2D eigenvalue weighted by atomic mass is 9.96. The summed E-state index contributed by atoms with van der Waals surface area (Å²) < 4.78 is 11.1. The van der Waals surface area contributed by atoms with Gasteiger partial charge in [0, 0.05) is 19.8 Å². The normalized spacial score (nSPS) is 20.3. The summed E-state index contributed by atoms with van der Waals surface area (Å²) in [4.78, 5) is 0. The highest BCUT2D eigenvalue weighted by atomic mass is 16.5. The van der Waals surface area contributed by atoms with Crippen molar-refractivity contribution in [1.82, 2.24) is 5.32 Å². The molecule has 0 radical (unpaired) electrons. The Hall–Kier alpha value is -0.630. The van der Waals surface area contributed by atoms with Crippen LogP contribution in [0.25, 0.3) is 0 Å². The molecule has 1 aliphatic heterocycles. The topological polar surface area (TPSA) is 54.3 Å². The van der Waals surface area contributed by atoms with E-state index in [9.17, 15) is 0 Å². The van der Waals surface area contributed by atoms with E-state index >= 15 is 0 Å². The van der Waals surface area contributed by atoms with Crippen LogP contribution < -0.4 is 5.32 Å². The van der Waals surface area contributed by atoms with Crippen LogP contribution in [0.15, 0.2) is 0 Å². The fraction of sp³-hybridized carbons (Fsp3) is 0.929. The second kappa shape index (κ2) is 8.47. The standard InChI is InChI=1S/C14H26N2O2/c1-3-16-14(2,12-15)8-4-5-9-18-13-6-10-17-11-7-13/h13,16H,3-11H2,1-2H3. The highest BCUT2D eigenvalue weighted by Crippen LogP contribution is 2.14. The lowest BCUT2D eigenvalue weighted by molar-refractivity contribution is -0.0328. The molecule has 1 heterocycles. The van der Waals surface area contributed by atoms with Gasteiger partial charge in [0.25, 0.3) is 0 Å². The maximum Gasteiger partial charge on any atom is 0.103 e. The van der Waals surface area contributed by atoms with Crippen LogP contribution >= 0.6 is 0 Å². The van der Waals surface area contributed by atoms with Crippen LogP contribution in [0.5, 0.6) is 0 Å². The van der Waals surface area contributed by atoms with E-state index in [-0.39, 0.29) is 5.54 Å². The van der Waals surface area contributed by atoms with Gasteiger partial charge >= 0.3 is 0 Å². The second-order valence-electron chi connectivity index (χ2n) is 5.11. The van der Waals surface area contributed by atoms with Crippen molar-refractivity contribution >= 4 is 0 Å². The van der Waals surface area contributed by atoms with Crippen LogP contribution in [0.2, 0.25) is 0 Å². The maximum atomic E-state index is 9.12. The average molecular weight is 254 g/mol. The highest BCUT2D eigenvalue weighted by Gasteiger charge is 2.21. The van der Waals surface area contributed by atoms with E-state index in [1.54, 1.807) is 0 Å². The average Bonchev–Trinajstić information content (AvgIpc) is 2.40. The van der Waals surface area contributed by atoms with Gasteiger partial charge in [0.2, 0.25) is 0 Å². The Morgan fingerprint density at radius 1 is 1.39 bits per heavy atom. The summed E-state index contributed by atoms with van der Waals surface area (Å²) in [7, 11) is 0. The zero-order valence-electron chi connectivity index (χ0n) is 11.7. The SMILES string of the molecule is CCNC(C)(C#N)CCCCOC1CCOCC1. The van der Waals surface area contributed by atoms with Crippen molar-refractivity contribution < 1.29 is 9.47 Å². The third-order valence-corrected chi connectivity index (χ3v) is 3.41. The predicted molar refractivity (Wildman–Crippen MR) is 71.3 cm³/mol. The summed E-state index contributed by atoms with van der Waals surface area (Å²) in [6.45, 7) is 7.30. The predicted octanol–water partition coefficient (Wildman–Crippen LogP) is 2.24. The van der Waals surface area contributed by atoms with Crippen molar-refractivity contribution in [3.63, 3.8) is 0 Å². The molecule has 4 heteroatoms. The first-order valence-corrected chi connectivity index (χ1v) is 7.06. The third-order valence-electron chi connectivity index (χ3n) is 3.41. The van der Waals surface area contributed by atoms with E-state index in [1.165, 1.54) is 0 Å². The van der Waals surface area contributed by atoms with Gasteiger partial charge in [-0.3, -0.25) is 5.32 Å². The Kier molecular flexibility index (Phi) is 7.26. The molecule has 18 heavy (non-hydrogen) atoms. The minimum absolute atomic E-state index is 0.382. The highest BCUT2D eigenvalue weighted by molar-refractivity contribution is 5.03. The number of ether oxygens (including phenoxy) is 2. The lowest BCUT2D eigenvalue weighted by Gasteiger charge is -2.24. The zero-order chi connectivity index (χ0) is 13.3. The molecule has 1 N–H and O–H groups in total. The van der Waals surface area contributed by atoms with Gasteiger partial charge in [-0.1, -0.05) is 6.92 Å². The Bertz CT molecular complexity index is 259. The molecule has 0 aromatic rings. The molecule has 1 rings (SSSR count). The largest absolute Gasteiger partial charge is 0.381 e. The molecule has 0 spiro atoms. The van der Waals surface area contributed by atoms with Crippen molar-refractivity contribution in [1.29, 1.82) is 5.26 Å². The molecule has 1 atom stereocenters. The molecule has 1 saturated heterocycles. The Labute approximate surface area is 111 Å². The van der Waals surface area contributed by atoms with Crippen LogP contribution in [-0.2, 0) is 9.47 Å². The molecule has 0 aromatic heterocycles. The molecule has 0 aromatic carbocycles. The monoisotopic (exact) mass is 254 g/mol. The van der Waals surface area contributed by atoms with Crippen LogP contribution in [0.4, 0.5) is 0 Å². The van der Waals surface area contributed by atoms with Gasteiger partial charge < -0.3 is 9.47 Å². The van der Waals surface area contributed by atoms with Crippen LogP contribution in [0.1, 0.15) is 46.0 Å². The Morgan fingerprint density at radius 2 is 2.11 bits per heavy atom. The fourth-order valence-corrected chi connectivity index (χ4v) is 2.25. The first-order valence-electron chi connectivity index (χ1n) is 7.06. The van der Waals surface area contributed by atoms with Crippen LogP contribution in [-0.4, -0.2) is 38.0 Å². The molecule has 0 bridgehead atoms. The van der Waals surface area contributed by atoms with Gasteiger partial charge in [0.1, 0.15) is 5.54 Å².